The number of nitrogens with one attached hydrogen (secondary N) is 1. The van der Waals surface area contributed by atoms with Crippen molar-refractivity contribution in [1.29, 1.82) is 0 Å². The van der Waals surface area contributed by atoms with Crippen LogP contribution in [-0.4, -0.2) is 71.8 Å². The van der Waals surface area contributed by atoms with Crippen LogP contribution in [0.15, 0.2) is 5.16 Å². The first-order valence-corrected chi connectivity index (χ1v) is 6.59. The molecule has 0 aromatic heterocycles. The van der Waals surface area contributed by atoms with Gasteiger partial charge in [-0.15, -0.1) is 0 Å². The largest absolute Gasteiger partial charge is 0.409 e. The monoisotopic (exact) mass is 311 g/mol. The van der Waals surface area contributed by atoms with Gasteiger partial charge in [0.2, 0.25) is 0 Å². The normalized spacial score (nSPS) is 19.4. The summed E-state index contributed by atoms with van der Waals surface area (Å²) in [5, 5.41) is 13.5. The molecule has 1 heterocycles. The number of alkyl halides is 3. The minimum atomic E-state index is -4.42. The summed E-state index contributed by atoms with van der Waals surface area (Å²) in [4.78, 5) is 14.8. The smallest absolute Gasteiger partial charge is 0.405 e. The highest BCUT2D eigenvalue weighted by molar-refractivity contribution is 5.85. The fraction of sp³-hybridized carbons (Fsp3) is 0.818. The zero-order valence-corrected chi connectivity index (χ0v) is 11.7. The van der Waals surface area contributed by atoms with Gasteiger partial charge in [-0.3, -0.25) is 4.90 Å². The fourth-order valence-corrected chi connectivity index (χ4v) is 2.25. The zero-order valence-electron chi connectivity index (χ0n) is 11.7. The molecule has 1 aliphatic heterocycles. The first-order chi connectivity index (χ1) is 9.78. The highest BCUT2D eigenvalue weighted by Gasteiger charge is 2.31. The average Bonchev–Trinajstić information content (AvgIpc) is 2.45. The number of amidine groups is 1. The second-order valence-electron chi connectivity index (χ2n) is 4.75. The van der Waals surface area contributed by atoms with Crippen molar-refractivity contribution in [3.8, 4) is 0 Å². The Morgan fingerprint density at radius 1 is 1.38 bits per heavy atom. The van der Waals surface area contributed by atoms with Crippen LogP contribution in [0.2, 0.25) is 0 Å². The molecule has 4 N–H and O–H groups in total. The van der Waals surface area contributed by atoms with Crippen LogP contribution >= 0.6 is 0 Å². The Hall–Kier alpha value is -1.71. The maximum Gasteiger partial charge on any atom is 0.405 e. The highest BCUT2D eigenvalue weighted by Crippen LogP contribution is 2.13. The molecule has 0 saturated carbocycles. The predicted molar refractivity (Wildman–Crippen MR) is 70.1 cm³/mol. The van der Waals surface area contributed by atoms with E-state index < -0.39 is 18.8 Å². The Labute approximate surface area is 120 Å². The van der Waals surface area contributed by atoms with Gasteiger partial charge in [-0.05, 0) is 6.42 Å². The molecule has 1 aliphatic rings. The Morgan fingerprint density at radius 2 is 1.95 bits per heavy atom. The van der Waals surface area contributed by atoms with E-state index in [9.17, 15) is 18.0 Å². The summed E-state index contributed by atoms with van der Waals surface area (Å²) in [6.45, 7) is 2.03. The van der Waals surface area contributed by atoms with Crippen molar-refractivity contribution in [3.63, 3.8) is 0 Å². The van der Waals surface area contributed by atoms with Crippen molar-refractivity contribution in [2.75, 3.05) is 32.7 Å². The number of nitrogens with two attached hydrogens (primary N) is 1. The van der Waals surface area contributed by atoms with Crippen LogP contribution in [0.3, 0.4) is 0 Å². The molecule has 1 fully saturated rings. The molecule has 0 spiro atoms. The number of nitrogens with zero attached hydrogens (tertiary/aromatic N) is 3. The molecule has 21 heavy (non-hydrogen) atoms. The second-order valence-corrected chi connectivity index (χ2v) is 4.75. The van der Waals surface area contributed by atoms with E-state index in [4.69, 9.17) is 10.9 Å². The summed E-state index contributed by atoms with van der Waals surface area (Å²) < 4.78 is 36.1. The van der Waals surface area contributed by atoms with Gasteiger partial charge in [0.15, 0.2) is 5.84 Å². The Morgan fingerprint density at radius 3 is 2.38 bits per heavy atom. The third kappa shape index (κ3) is 5.29. The van der Waals surface area contributed by atoms with Crippen molar-refractivity contribution in [2.45, 2.75) is 25.6 Å². The van der Waals surface area contributed by atoms with Crippen LogP contribution in [0.25, 0.3) is 0 Å². The van der Waals surface area contributed by atoms with Crippen LogP contribution in [0, 0.1) is 0 Å². The molecule has 10 heteroatoms. The summed E-state index contributed by atoms with van der Waals surface area (Å²) in [5.74, 6) is 0.0903. The number of urea groups is 1. The van der Waals surface area contributed by atoms with Gasteiger partial charge in [-0.1, -0.05) is 12.1 Å². The van der Waals surface area contributed by atoms with E-state index in [1.54, 1.807) is 0 Å². The SMILES string of the molecule is CCC(C(N)=NO)N1CCN(C(=O)NCC(F)(F)F)CC1. The molecule has 7 nitrogen and oxygen atoms in total. The van der Waals surface area contributed by atoms with Crippen LogP contribution in [0.5, 0.6) is 0 Å². The van der Waals surface area contributed by atoms with E-state index in [0.717, 1.165) is 0 Å². The number of carbonyl (C=O) groups excluding carboxylic acids is 1. The van der Waals surface area contributed by atoms with Gasteiger partial charge in [0.05, 0.1) is 6.04 Å². The van der Waals surface area contributed by atoms with E-state index in [1.807, 2.05) is 17.1 Å². The van der Waals surface area contributed by atoms with Gasteiger partial charge in [0.1, 0.15) is 6.54 Å². The molecule has 0 aromatic carbocycles. The lowest BCUT2D eigenvalue weighted by Crippen LogP contribution is -2.57. The molecular weight excluding hydrogens is 291 g/mol. The van der Waals surface area contributed by atoms with Crippen molar-refractivity contribution in [3.05, 3.63) is 0 Å². The molecule has 122 valence electrons. The standard InChI is InChI=1S/C11H20F3N5O2/c1-2-8(9(15)17-21)18-3-5-19(6-4-18)10(20)16-7-11(12,13)14/h8,21H,2-7H2,1H3,(H2,15,17)(H,16,20). The summed E-state index contributed by atoms with van der Waals surface area (Å²) in [6.07, 6.45) is -3.78. The zero-order chi connectivity index (χ0) is 16.0. The lowest BCUT2D eigenvalue weighted by molar-refractivity contribution is -0.123. The van der Waals surface area contributed by atoms with Gasteiger partial charge in [0.25, 0.3) is 0 Å². The molecule has 2 amide bonds. The summed E-state index contributed by atoms with van der Waals surface area (Å²) in [6, 6.07) is -0.973. The van der Waals surface area contributed by atoms with Gasteiger partial charge >= 0.3 is 12.2 Å². The van der Waals surface area contributed by atoms with E-state index in [-0.39, 0.29) is 11.9 Å². The molecule has 0 aromatic rings. The lowest BCUT2D eigenvalue weighted by atomic mass is 10.1. The van der Waals surface area contributed by atoms with E-state index >= 15 is 0 Å². The van der Waals surface area contributed by atoms with E-state index in [2.05, 4.69) is 5.16 Å². The van der Waals surface area contributed by atoms with Gasteiger partial charge < -0.3 is 21.2 Å². The van der Waals surface area contributed by atoms with Crippen LogP contribution in [0.4, 0.5) is 18.0 Å². The minimum absolute atomic E-state index is 0.0903. The average molecular weight is 311 g/mol. The number of hydrogen-bond donors (Lipinski definition) is 3. The highest BCUT2D eigenvalue weighted by atomic mass is 19.4. The molecule has 0 aliphatic carbocycles. The first kappa shape index (κ1) is 17.3. The lowest BCUT2D eigenvalue weighted by Gasteiger charge is -2.38. The van der Waals surface area contributed by atoms with Crippen LogP contribution < -0.4 is 11.1 Å². The summed E-state index contributed by atoms with van der Waals surface area (Å²) in [5.41, 5.74) is 5.59. The third-order valence-electron chi connectivity index (χ3n) is 3.33. The van der Waals surface area contributed by atoms with Gasteiger partial charge in [-0.25, -0.2) is 4.79 Å². The van der Waals surface area contributed by atoms with E-state index in [0.29, 0.717) is 32.6 Å². The molecule has 0 bridgehead atoms. The van der Waals surface area contributed by atoms with E-state index in [1.165, 1.54) is 4.90 Å². The number of halogens is 3. The van der Waals surface area contributed by atoms with Crippen molar-refractivity contribution < 1.29 is 23.2 Å². The molecule has 1 atom stereocenters. The quantitative estimate of drug-likeness (QED) is 0.303. The number of carbonyl (C=O) groups is 1. The van der Waals surface area contributed by atoms with Crippen molar-refractivity contribution in [1.82, 2.24) is 15.1 Å². The molecule has 1 unspecified atom stereocenters. The Kier molecular flexibility index (Phi) is 6.06. The van der Waals surface area contributed by atoms with Gasteiger partial charge in [-0.2, -0.15) is 13.2 Å². The van der Waals surface area contributed by atoms with Crippen molar-refractivity contribution in [2.24, 2.45) is 10.9 Å². The van der Waals surface area contributed by atoms with Crippen LogP contribution in [-0.2, 0) is 0 Å². The van der Waals surface area contributed by atoms with Crippen LogP contribution in [0.1, 0.15) is 13.3 Å². The summed E-state index contributed by atoms with van der Waals surface area (Å²) >= 11 is 0. The van der Waals surface area contributed by atoms with Crippen molar-refractivity contribution >= 4 is 11.9 Å². The number of piperazine rings is 1. The molecule has 0 radical (unpaired) electrons. The molecular formula is C11H20F3N5O2. The minimum Gasteiger partial charge on any atom is -0.409 e. The number of rotatable bonds is 4. The molecule has 1 rings (SSSR count). The summed E-state index contributed by atoms with van der Waals surface area (Å²) in [7, 11) is 0. The number of hydrogen-bond acceptors (Lipinski definition) is 4. The number of amides is 2. The van der Waals surface area contributed by atoms with Gasteiger partial charge in [0, 0.05) is 26.2 Å². The Bertz CT molecular complexity index is 381. The first-order valence-electron chi connectivity index (χ1n) is 6.59. The maximum atomic E-state index is 12.0. The number of oxime groups is 1. The second kappa shape index (κ2) is 7.34. The topological polar surface area (TPSA) is 94.2 Å². The predicted octanol–water partition coefficient (Wildman–Crippen LogP) is 0.401. The maximum absolute atomic E-state index is 12.0. The molecule has 1 saturated heterocycles. The fourth-order valence-electron chi connectivity index (χ4n) is 2.25. The third-order valence-corrected chi connectivity index (χ3v) is 3.33. The Balaban J connectivity index is 2.46.